The third-order valence-corrected chi connectivity index (χ3v) is 6.63. The van der Waals surface area contributed by atoms with Crippen LogP contribution < -0.4 is 21.7 Å². The van der Waals surface area contributed by atoms with Gasteiger partial charge in [0.2, 0.25) is 17.8 Å². The van der Waals surface area contributed by atoms with Gasteiger partial charge in [-0.25, -0.2) is 9.97 Å². The maximum absolute atomic E-state index is 13.0. The van der Waals surface area contributed by atoms with E-state index in [1.54, 1.807) is 12.1 Å². The zero-order valence-corrected chi connectivity index (χ0v) is 21.2. The number of thioether (sulfide) groups is 1. The Labute approximate surface area is 213 Å². The fourth-order valence-electron chi connectivity index (χ4n) is 3.82. The first kappa shape index (κ1) is 27.4. The van der Waals surface area contributed by atoms with Crippen LogP contribution in [0.2, 0.25) is 0 Å². The van der Waals surface area contributed by atoms with E-state index in [0.29, 0.717) is 35.0 Å². The molecule has 7 N–H and O–H groups in total. The van der Waals surface area contributed by atoms with E-state index in [2.05, 4.69) is 25.9 Å². The smallest absolute Gasteiger partial charge is 0.251 e. The monoisotopic (exact) mass is 516 g/mol. The predicted molar refractivity (Wildman–Crippen MR) is 136 cm³/mol. The van der Waals surface area contributed by atoms with Crippen LogP contribution in [-0.2, 0) is 9.59 Å². The minimum atomic E-state index is -1.09. The highest BCUT2D eigenvalue weighted by Crippen LogP contribution is 2.29. The Morgan fingerprint density at radius 1 is 1.22 bits per heavy atom. The summed E-state index contributed by atoms with van der Waals surface area (Å²) in [4.78, 5) is 46.8. The molecule has 194 valence electrons. The van der Waals surface area contributed by atoms with Gasteiger partial charge in [0.1, 0.15) is 11.1 Å². The Kier molecular flexibility index (Phi) is 9.62. The summed E-state index contributed by atoms with van der Waals surface area (Å²) in [6, 6.07) is 4.64. The molecule has 3 rings (SSSR count). The summed E-state index contributed by atoms with van der Waals surface area (Å²) in [6.45, 7) is 3.46. The summed E-state index contributed by atoms with van der Waals surface area (Å²) < 4.78 is 0. The molecule has 0 radical (unpaired) electrons. The number of aryl methyl sites for hydroxylation is 2. The lowest BCUT2D eigenvalue weighted by Gasteiger charge is -2.19. The Balaban J connectivity index is 1.86. The molecule has 1 aliphatic rings. The van der Waals surface area contributed by atoms with E-state index >= 15 is 0 Å². The van der Waals surface area contributed by atoms with Crippen molar-refractivity contribution in [2.24, 2.45) is 0 Å². The lowest BCUT2D eigenvalue weighted by Crippen LogP contribution is -2.49. The van der Waals surface area contributed by atoms with Gasteiger partial charge in [-0.2, -0.15) is 0 Å². The molecule has 0 fully saturated rings. The number of nitrogen functional groups attached to an aromatic ring is 1. The number of aliphatic hydroxyl groups is 2. The van der Waals surface area contributed by atoms with E-state index in [1.165, 1.54) is 11.8 Å². The maximum Gasteiger partial charge on any atom is 0.251 e. The van der Waals surface area contributed by atoms with Crippen molar-refractivity contribution in [3.63, 3.8) is 0 Å². The molecule has 12 heteroatoms. The first-order valence-electron chi connectivity index (χ1n) is 11.7. The van der Waals surface area contributed by atoms with Gasteiger partial charge in [-0.3, -0.25) is 14.4 Å². The fraction of sp³-hybridized carbons (Fsp3) is 0.458. The zero-order valence-electron chi connectivity index (χ0n) is 20.3. The highest BCUT2D eigenvalue weighted by Gasteiger charge is 2.22. The van der Waals surface area contributed by atoms with Crippen LogP contribution in [0, 0.1) is 13.8 Å². The van der Waals surface area contributed by atoms with Crippen molar-refractivity contribution in [2.45, 2.75) is 50.3 Å². The summed E-state index contributed by atoms with van der Waals surface area (Å²) in [6.07, 6.45) is -0.246. The molecule has 0 saturated heterocycles. The van der Waals surface area contributed by atoms with E-state index in [4.69, 9.17) is 10.8 Å². The number of rotatable bonds is 4. The molecule has 11 nitrogen and oxygen atoms in total. The summed E-state index contributed by atoms with van der Waals surface area (Å²) in [5.41, 5.74) is 9.57. The Morgan fingerprint density at radius 3 is 2.72 bits per heavy atom. The molecule has 1 aromatic heterocycles. The number of hydrogen-bond donors (Lipinski definition) is 6. The Hall–Kier alpha value is -3.22. The van der Waals surface area contributed by atoms with Crippen molar-refractivity contribution in [1.82, 2.24) is 25.9 Å². The number of hydrogen-bond acceptors (Lipinski definition) is 9. The molecule has 3 amide bonds. The van der Waals surface area contributed by atoms with Crippen LogP contribution >= 0.6 is 11.8 Å². The van der Waals surface area contributed by atoms with Crippen molar-refractivity contribution in [1.29, 1.82) is 0 Å². The second-order valence-electron chi connectivity index (χ2n) is 8.63. The molecule has 0 aliphatic carbocycles. The number of carbonyl (C=O) groups is 3. The van der Waals surface area contributed by atoms with Gasteiger partial charge in [0.25, 0.3) is 5.91 Å². The summed E-state index contributed by atoms with van der Waals surface area (Å²) in [5.74, 6) is -0.563. The molecular formula is C24H32N6O5S. The van der Waals surface area contributed by atoms with Crippen LogP contribution in [-0.4, -0.2) is 75.5 Å². The number of carbonyl (C=O) groups excluding carboxylic acids is 3. The largest absolute Gasteiger partial charge is 0.394 e. The lowest BCUT2D eigenvalue weighted by molar-refractivity contribution is -0.129. The number of nitrogens with zero attached hydrogens (tertiary/aromatic N) is 2. The normalized spacial score (nSPS) is 17.9. The molecule has 4 bridgehead atoms. The predicted octanol–water partition coefficient (Wildman–Crippen LogP) is 0.303. The lowest BCUT2D eigenvalue weighted by atomic mass is 9.97. The van der Waals surface area contributed by atoms with Crippen LogP contribution in [0.4, 0.5) is 5.95 Å². The van der Waals surface area contributed by atoms with E-state index < -0.39 is 24.7 Å². The van der Waals surface area contributed by atoms with Gasteiger partial charge in [0, 0.05) is 36.4 Å². The van der Waals surface area contributed by atoms with Gasteiger partial charge in [0.15, 0.2) is 0 Å². The topological polar surface area (TPSA) is 180 Å². The van der Waals surface area contributed by atoms with Crippen LogP contribution in [0.25, 0.3) is 11.3 Å². The summed E-state index contributed by atoms with van der Waals surface area (Å²) in [5, 5.41) is 27.2. The maximum atomic E-state index is 13.0. The average Bonchev–Trinajstić information content (AvgIpc) is 2.83. The standard InChI is InChI=1S/C24H32N6O5S/c1-13-8-14(2)17-9-16(13)19-10-21(30-24(25)29-19)36-7-5-20(33)28-18(4-3-6-26-22(17)34)23(35)27-11-15(32)12-31/h8-10,15,18,31-32H,3-7,11-12H2,1-2H3,(H,26,34)(H,27,35)(H,28,33)(H2,25,29,30)/t15?,18-/m0/s1. The number of anilines is 1. The number of nitrogens with one attached hydrogen (secondary N) is 3. The van der Waals surface area contributed by atoms with Crippen molar-refractivity contribution in [3.05, 3.63) is 34.9 Å². The number of amides is 3. The molecule has 1 aromatic carbocycles. The van der Waals surface area contributed by atoms with Gasteiger partial charge >= 0.3 is 0 Å². The van der Waals surface area contributed by atoms with Crippen molar-refractivity contribution >= 4 is 35.4 Å². The average molecular weight is 517 g/mol. The van der Waals surface area contributed by atoms with Gasteiger partial charge in [0.05, 0.1) is 18.4 Å². The van der Waals surface area contributed by atoms with Crippen LogP contribution in [0.1, 0.15) is 40.7 Å². The van der Waals surface area contributed by atoms with Crippen LogP contribution in [0.5, 0.6) is 0 Å². The van der Waals surface area contributed by atoms with Gasteiger partial charge in [-0.1, -0.05) is 6.07 Å². The first-order valence-corrected chi connectivity index (χ1v) is 12.7. The van der Waals surface area contributed by atoms with Crippen LogP contribution in [0.15, 0.2) is 23.2 Å². The second-order valence-corrected chi connectivity index (χ2v) is 9.75. The third kappa shape index (κ3) is 7.39. The van der Waals surface area contributed by atoms with Gasteiger partial charge in [-0.15, -0.1) is 11.8 Å². The third-order valence-electron chi connectivity index (χ3n) is 5.72. The van der Waals surface area contributed by atoms with Crippen molar-refractivity contribution in [2.75, 3.05) is 31.2 Å². The zero-order chi connectivity index (χ0) is 26.2. The highest BCUT2D eigenvalue weighted by molar-refractivity contribution is 7.99. The first-order chi connectivity index (χ1) is 17.2. The number of aliphatic hydroxyl groups excluding tert-OH is 2. The molecule has 1 unspecified atom stereocenters. The molecule has 2 heterocycles. The van der Waals surface area contributed by atoms with Gasteiger partial charge < -0.3 is 31.9 Å². The van der Waals surface area contributed by atoms with E-state index in [9.17, 15) is 19.5 Å². The molecule has 2 atom stereocenters. The second kappa shape index (κ2) is 12.7. The quantitative estimate of drug-likeness (QED) is 0.312. The number of fused-ring (bicyclic) bond motifs is 5. The number of aromatic nitrogens is 2. The highest BCUT2D eigenvalue weighted by atomic mass is 32.2. The van der Waals surface area contributed by atoms with Crippen molar-refractivity contribution < 1.29 is 24.6 Å². The summed E-state index contributed by atoms with van der Waals surface area (Å²) >= 11 is 1.34. The number of benzene rings is 1. The fourth-order valence-corrected chi connectivity index (χ4v) is 4.67. The summed E-state index contributed by atoms with van der Waals surface area (Å²) in [7, 11) is 0. The van der Waals surface area contributed by atoms with E-state index in [1.807, 2.05) is 19.9 Å². The molecule has 36 heavy (non-hydrogen) atoms. The molecule has 2 aromatic rings. The molecule has 1 aliphatic heterocycles. The Bertz CT molecular complexity index is 1130. The minimum Gasteiger partial charge on any atom is -0.394 e. The molecule has 0 spiro atoms. The van der Waals surface area contributed by atoms with Gasteiger partial charge in [-0.05, 0) is 49.9 Å². The SMILES string of the molecule is Cc1cc(C)c2cc1C(=O)NCCC[C@@H](C(=O)NCC(O)CO)NC(=O)CCSc1cc-2nc(N)n1. The number of nitrogens with two attached hydrogens (primary N) is 1. The Morgan fingerprint density at radius 2 is 1.97 bits per heavy atom. The molecular weight excluding hydrogens is 484 g/mol. The van der Waals surface area contributed by atoms with Crippen LogP contribution in [0.3, 0.4) is 0 Å². The van der Waals surface area contributed by atoms with E-state index in [0.717, 1.165) is 16.7 Å². The molecule has 0 saturated carbocycles. The minimum absolute atomic E-state index is 0.0881. The van der Waals surface area contributed by atoms with Crippen molar-refractivity contribution in [3.8, 4) is 11.3 Å². The van der Waals surface area contributed by atoms with E-state index in [-0.39, 0.29) is 37.1 Å².